The minimum atomic E-state index is -0.0717. The molecule has 0 unspecified atom stereocenters. The maximum Gasteiger partial charge on any atom is 0.126 e. The van der Waals surface area contributed by atoms with E-state index in [1.54, 1.807) is 0 Å². The third-order valence-electron chi connectivity index (χ3n) is 4.19. The minimum Gasteiger partial charge on any atom is -0.399 e. The Kier molecular flexibility index (Phi) is 4.45. The van der Waals surface area contributed by atoms with Crippen molar-refractivity contribution in [3.8, 4) is 0 Å². The molecule has 0 radical (unpaired) electrons. The Hall–Kier alpha value is -1.81. The lowest BCUT2D eigenvalue weighted by Crippen LogP contribution is -2.32. The van der Waals surface area contributed by atoms with Gasteiger partial charge in [-0.2, -0.15) is 0 Å². The van der Waals surface area contributed by atoms with Crippen LogP contribution in [0.4, 0.5) is 11.5 Å². The van der Waals surface area contributed by atoms with Crippen LogP contribution >= 0.6 is 0 Å². The molecule has 2 aromatic rings. The Balaban J connectivity index is 2.16. The summed E-state index contributed by atoms with van der Waals surface area (Å²) < 4.78 is 0. The number of rotatable bonds is 6. The van der Waals surface area contributed by atoms with Crippen LogP contribution in [0, 0.1) is 5.41 Å². The summed E-state index contributed by atoms with van der Waals surface area (Å²) in [5, 5.41) is 14.0. The van der Waals surface area contributed by atoms with E-state index in [9.17, 15) is 5.11 Å². The van der Waals surface area contributed by atoms with Crippen LogP contribution in [0.1, 0.15) is 26.7 Å². The molecule has 1 aromatic heterocycles. The van der Waals surface area contributed by atoms with Crippen molar-refractivity contribution in [1.29, 1.82) is 0 Å². The van der Waals surface area contributed by atoms with E-state index in [0.717, 1.165) is 41.8 Å². The molecule has 20 heavy (non-hydrogen) atoms. The van der Waals surface area contributed by atoms with Gasteiger partial charge in [-0.25, -0.2) is 4.98 Å². The average Bonchev–Trinajstić information content (AvgIpc) is 2.49. The molecule has 0 atom stereocenters. The molecule has 4 heteroatoms. The maximum atomic E-state index is 9.58. The molecule has 1 aromatic carbocycles. The molecule has 0 fully saturated rings. The normalized spacial score (nSPS) is 11.8. The SMILES string of the molecule is CCC(CC)(CO)CNc1ccc2cc(N)ccc2n1. The lowest BCUT2D eigenvalue weighted by molar-refractivity contribution is 0.127. The van der Waals surface area contributed by atoms with E-state index < -0.39 is 0 Å². The number of hydrogen-bond acceptors (Lipinski definition) is 4. The zero-order chi connectivity index (χ0) is 14.6. The van der Waals surface area contributed by atoms with E-state index in [0.29, 0.717) is 0 Å². The van der Waals surface area contributed by atoms with Crippen molar-refractivity contribution < 1.29 is 5.11 Å². The maximum absolute atomic E-state index is 9.58. The molecular formula is C16H23N3O. The monoisotopic (exact) mass is 273 g/mol. The Labute approximate surface area is 120 Å². The van der Waals surface area contributed by atoms with Crippen molar-refractivity contribution >= 4 is 22.4 Å². The van der Waals surface area contributed by atoms with Crippen molar-refractivity contribution in [1.82, 2.24) is 4.98 Å². The first-order chi connectivity index (χ1) is 9.62. The van der Waals surface area contributed by atoms with Crippen LogP contribution in [0.15, 0.2) is 30.3 Å². The number of hydrogen-bond donors (Lipinski definition) is 3. The molecule has 0 aliphatic rings. The molecule has 0 aliphatic carbocycles. The number of nitrogens with one attached hydrogen (secondary N) is 1. The first kappa shape index (κ1) is 14.6. The molecule has 0 saturated heterocycles. The standard InChI is InChI=1S/C16H23N3O/c1-3-16(4-2,11-20)10-18-15-8-5-12-9-13(17)6-7-14(12)19-15/h5-9,20H,3-4,10-11,17H2,1-2H3,(H,18,19). The molecular weight excluding hydrogens is 250 g/mol. The number of aromatic nitrogens is 1. The van der Waals surface area contributed by atoms with Gasteiger partial charge in [-0.3, -0.25) is 0 Å². The van der Waals surface area contributed by atoms with Gasteiger partial charge in [0.15, 0.2) is 0 Å². The molecule has 0 bridgehead atoms. The summed E-state index contributed by atoms with van der Waals surface area (Å²) >= 11 is 0. The molecule has 0 saturated carbocycles. The van der Waals surface area contributed by atoms with Gasteiger partial charge in [0.1, 0.15) is 5.82 Å². The van der Waals surface area contributed by atoms with Crippen molar-refractivity contribution in [2.75, 3.05) is 24.2 Å². The van der Waals surface area contributed by atoms with Crippen LogP contribution in [-0.4, -0.2) is 23.2 Å². The number of nitrogen functional groups attached to an aromatic ring is 1. The molecule has 108 valence electrons. The highest BCUT2D eigenvalue weighted by atomic mass is 16.3. The summed E-state index contributed by atoms with van der Waals surface area (Å²) in [4.78, 5) is 4.57. The van der Waals surface area contributed by atoms with Gasteiger partial charge in [-0.1, -0.05) is 13.8 Å². The predicted octanol–water partition coefficient (Wildman–Crippen LogP) is 3.03. The molecule has 0 spiro atoms. The summed E-state index contributed by atoms with van der Waals surface area (Å²) in [6.07, 6.45) is 1.88. The van der Waals surface area contributed by atoms with Gasteiger partial charge < -0.3 is 16.2 Å². The lowest BCUT2D eigenvalue weighted by Gasteiger charge is -2.29. The molecule has 0 amide bonds. The second-order valence-electron chi connectivity index (χ2n) is 5.37. The first-order valence-electron chi connectivity index (χ1n) is 7.13. The smallest absolute Gasteiger partial charge is 0.126 e. The molecule has 2 rings (SSSR count). The second-order valence-corrected chi connectivity index (χ2v) is 5.37. The highest BCUT2D eigenvalue weighted by Gasteiger charge is 2.24. The predicted molar refractivity (Wildman–Crippen MR) is 84.7 cm³/mol. The number of aliphatic hydroxyl groups excluding tert-OH is 1. The zero-order valence-corrected chi connectivity index (χ0v) is 12.2. The highest BCUT2D eigenvalue weighted by Crippen LogP contribution is 2.26. The second kappa shape index (κ2) is 6.09. The van der Waals surface area contributed by atoms with Gasteiger partial charge in [-0.05, 0) is 43.2 Å². The fourth-order valence-electron chi connectivity index (χ4n) is 2.30. The Bertz CT molecular complexity index is 571. The fraction of sp³-hybridized carbons (Fsp3) is 0.438. The fourth-order valence-corrected chi connectivity index (χ4v) is 2.30. The molecule has 1 heterocycles. The van der Waals surface area contributed by atoms with E-state index in [4.69, 9.17) is 5.73 Å². The Morgan fingerprint density at radius 3 is 2.60 bits per heavy atom. The van der Waals surface area contributed by atoms with Crippen molar-refractivity contribution in [2.45, 2.75) is 26.7 Å². The van der Waals surface area contributed by atoms with Crippen LogP contribution in [0.25, 0.3) is 10.9 Å². The summed E-state index contributed by atoms with van der Waals surface area (Å²) in [6.45, 7) is 5.14. The van der Waals surface area contributed by atoms with Crippen molar-refractivity contribution in [3.05, 3.63) is 30.3 Å². The first-order valence-corrected chi connectivity index (χ1v) is 7.13. The third-order valence-corrected chi connectivity index (χ3v) is 4.19. The van der Waals surface area contributed by atoms with E-state index >= 15 is 0 Å². The summed E-state index contributed by atoms with van der Waals surface area (Å²) in [5.74, 6) is 0.835. The van der Waals surface area contributed by atoms with Gasteiger partial charge in [0, 0.05) is 23.0 Å². The Morgan fingerprint density at radius 2 is 1.95 bits per heavy atom. The number of fused-ring (bicyclic) bond motifs is 1. The number of benzene rings is 1. The summed E-state index contributed by atoms with van der Waals surface area (Å²) in [6, 6.07) is 9.67. The van der Waals surface area contributed by atoms with E-state index in [1.165, 1.54) is 0 Å². The van der Waals surface area contributed by atoms with Crippen molar-refractivity contribution in [2.24, 2.45) is 5.41 Å². The van der Waals surface area contributed by atoms with Crippen LogP contribution in [0.3, 0.4) is 0 Å². The number of nitrogens with two attached hydrogens (primary N) is 1. The lowest BCUT2D eigenvalue weighted by atomic mass is 9.83. The topological polar surface area (TPSA) is 71.2 Å². The Morgan fingerprint density at radius 1 is 1.20 bits per heavy atom. The molecule has 0 aliphatic heterocycles. The average molecular weight is 273 g/mol. The van der Waals surface area contributed by atoms with E-state index in [2.05, 4.69) is 24.1 Å². The number of anilines is 2. The van der Waals surface area contributed by atoms with Gasteiger partial charge >= 0.3 is 0 Å². The van der Waals surface area contributed by atoms with Gasteiger partial charge in [-0.15, -0.1) is 0 Å². The third kappa shape index (κ3) is 3.02. The van der Waals surface area contributed by atoms with E-state index in [-0.39, 0.29) is 12.0 Å². The van der Waals surface area contributed by atoms with E-state index in [1.807, 2.05) is 30.3 Å². The summed E-state index contributed by atoms with van der Waals surface area (Å²) in [7, 11) is 0. The van der Waals surface area contributed by atoms with Crippen molar-refractivity contribution in [3.63, 3.8) is 0 Å². The number of aliphatic hydroxyl groups is 1. The van der Waals surface area contributed by atoms with Crippen LogP contribution in [0.2, 0.25) is 0 Å². The summed E-state index contributed by atoms with van der Waals surface area (Å²) in [5.41, 5.74) is 7.36. The quantitative estimate of drug-likeness (QED) is 0.707. The zero-order valence-electron chi connectivity index (χ0n) is 12.2. The van der Waals surface area contributed by atoms with Gasteiger partial charge in [0.25, 0.3) is 0 Å². The highest BCUT2D eigenvalue weighted by molar-refractivity contribution is 5.83. The van der Waals surface area contributed by atoms with Crippen LogP contribution < -0.4 is 11.1 Å². The molecule has 4 N–H and O–H groups in total. The largest absolute Gasteiger partial charge is 0.399 e. The van der Waals surface area contributed by atoms with Crippen LogP contribution in [-0.2, 0) is 0 Å². The number of nitrogens with zero attached hydrogens (tertiary/aromatic N) is 1. The minimum absolute atomic E-state index is 0.0717. The number of pyridine rings is 1. The van der Waals surface area contributed by atoms with Crippen LogP contribution in [0.5, 0.6) is 0 Å². The van der Waals surface area contributed by atoms with Gasteiger partial charge in [0.05, 0.1) is 12.1 Å². The van der Waals surface area contributed by atoms with Gasteiger partial charge in [0.2, 0.25) is 0 Å². The molecule has 4 nitrogen and oxygen atoms in total.